The highest BCUT2D eigenvalue weighted by molar-refractivity contribution is 5.78. The van der Waals surface area contributed by atoms with Gasteiger partial charge in [0.1, 0.15) is 5.82 Å². The number of imidazole rings is 1. The molecule has 0 bridgehead atoms. The summed E-state index contributed by atoms with van der Waals surface area (Å²) in [6.07, 6.45) is 10.9. The Morgan fingerprint density at radius 2 is 1.94 bits per heavy atom. The van der Waals surface area contributed by atoms with Gasteiger partial charge in [0.05, 0.1) is 36.5 Å². The third-order valence-electron chi connectivity index (χ3n) is 5.82. The summed E-state index contributed by atoms with van der Waals surface area (Å²) >= 11 is 0. The van der Waals surface area contributed by atoms with Crippen LogP contribution in [0.1, 0.15) is 11.1 Å². The van der Waals surface area contributed by atoms with Crippen molar-refractivity contribution < 1.29 is 4.74 Å². The van der Waals surface area contributed by atoms with Gasteiger partial charge in [-0.15, -0.1) is 0 Å². The molecular formula is C24H22N6O. The highest BCUT2D eigenvalue weighted by Gasteiger charge is 2.14. The Hall–Kier alpha value is -3.71. The molecule has 1 fully saturated rings. The minimum absolute atomic E-state index is 0.760. The first-order valence-corrected chi connectivity index (χ1v) is 10.5. The van der Waals surface area contributed by atoms with Crippen LogP contribution in [0.4, 0.5) is 17.2 Å². The van der Waals surface area contributed by atoms with Crippen molar-refractivity contribution in [3.63, 3.8) is 0 Å². The van der Waals surface area contributed by atoms with Crippen molar-refractivity contribution in [2.45, 2.75) is 6.42 Å². The van der Waals surface area contributed by atoms with Crippen LogP contribution in [0.3, 0.4) is 0 Å². The van der Waals surface area contributed by atoms with E-state index >= 15 is 0 Å². The molecule has 4 heterocycles. The van der Waals surface area contributed by atoms with E-state index in [-0.39, 0.29) is 0 Å². The van der Waals surface area contributed by atoms with Crippen LogP contribution in [0.25, 0.3) is 23.0 Å². The van der Waals surface area contributed by atoms with Gasteiger partial charge in [-0.05, 0) is 41.8 Å². The maximum absolute atomic E-state index is 5.44. The predicted octanol–water partition coefficient (Wildman–Crippen LogP) is 3.94. The first-order valence-electron chi connectivity index (χ1n) is 10.5. The summed E-state index contributed by atoms with van der Waals surface area (Å²) in [4.78, 5) is 11.4. The number of pyridine rings is 1. The predicted molar refractivity (Wildman–Crippen MR) is 122 cm³/mol. The fourth-order valence-corrected chi connectivity index (χ4v) is 4.17. The summed E-state index contributed by atoms with van der Waals surface area (Å²) in [5, 5.41) is 8.20. The van der Waals surface area contributed by atoms with E-state index < -0.39 is 0 Å². The van der Waals surface area contributed by atoms with Gasteiger partial charge in [0.25, 0.3) is 0 Å². The van der Waals surface area contributed by atoms with E-state index in [1.54, 1.807) is 6.20 Å². The van der Waals surface area contributed by atoms with Crippen LogP contribution in [0.15, 0.2) is 61.1 Å². The molecule has 1 aromatic carbocycles. The molecule has 31 heavy (non-hydrogen) atoms. The largest absolute Gasteiger partial charge is 0.378 e. The Morgan fingerprint density at radius 1 is 1.00 bits per heavy atom. The molecule has 7 nitrogen and oxygen atoms in total. The first-order chi connectivity index (χ1) is 15.3. The van der Waals surface area contributed by atoms with Crippen molar-refractivity contribution in [3.8, 4) is 11.3 Å². The smallest absolute Gasteiger partial charge is 0.177 e. The van der Waals surface area contributed by atoms with Gasteiger partial charge < -0.3 is 15.0 Å². The lowest BCUT2D eigenvalue weighted by atomic mass is 10.0. The number of morpholine rings is 1. The number of anilines is 3. The molecule has 0 amide bonds. The zero-order valence-corrected chi connectivity index (χ0v) is 17.0. The third-order valence-corrected chi connectivity index (χ3v) is 5.82. The van der Waals surface area contributed by atoms with E-state index in [1.165, 1.54) is 11.1 Å². The van der Waals surface area contributed by atoms with Crippen molar-refractivity contribution in [2.75, 3.05) is 36.5 Å². The lowest BCUT2D eigenvalue weighted by molar-refractivity contribution is 0.122. The molecule has 0 atom stereocenters. The zero-order chi connectivity index (χ0) is 20.6. The molecule has 7 heteroatoms. The van der Waals surface area contributed by atoms with Crippen LogP contribution in [-0.2, 0) is 11.2 Å². The Morgan fingerprint density at radius 3 is 2.81 bits per heavy atom. The Kier molecular flexibility index (Phi) is 4.39. The van der Waals surface area contributed by atoms with Crippen LogP contribution in [0, 0.1) is 0 Å². The number of hydrogen-bond donors (Lipinski definition) is 1. The highest BCUT2D eigenvalue weighted by atomic mass is 16.5. The second kappa shape index (κ2) is 7.52. The van der Waals surface area contributed by atoms with Gasteiger partial charge in [-0.1, -0.05) is 24.3 Å². The minimum atomic E-state index is 0.760. The summed E-state index contributed by atoms with van der Waals surface area (Å²) in [5.41, 5.74) is 7.37. The number of ether oxygens (including phenoxy) is 1. The van der Waals surface area contributed by atoms with Gasteiger partial charge in [-0.25, -0.2) is 14.5 Å². The molecule has 0 unspecified atom stereocenters. The molecule has 3 aromatic heterocycles. The van der Waals surface area contributed by atoms with E-state index in [0.717, 1.165) is 66.8 Å². The lowest BCUT2D eigenvalue weighted by Crippen LogP contribution is -2.36. The number of nitrogens with one attached hydrogen (secondary N) is 1. The van der Waals surface area contributed by atoms with E-state index in [0.29, 0.717) is 0 Å². The molecule has 154 valence electrons. The fourth-order valence-electron chi connectivity index (χ4n) is 4.17. The number of aromatic nitrogens is 4. The second-order valence-corrected chi connectivity index (χ2v) is 7.78. The summed E-state index contributed by atoms with van der Waals surface area (Å²) in [5.74, 6) is 0.775. The lowest BCUT2D eigenvalue weighted by Gasteiger charge is -2.28. The minimum Gasteiger partial charge on any atom is -0.378 e. The number of hydrogen-bond acceptors (Lipinski definition) is 6. The molecule has 0 radical (unpaired) electrons. The van der Waals surface area contributed by atoms with Gasteiger partial charge in [0.2, 0.25) is 0 Å². The van der Waals surface area contributed by atoms with Crippen LogP contribution >= 0.6 is 0 Å². The third kappa shape index (κ3) is 3.43. The average molecular weight is 410 g/mol. The molecule has 1 saturated heterocycles. The Balaban J connectivity index is 1.32. The molecule has 1 aliphatic carbocycles. The van der Waals surface area contributed by atoms with Crippen LogP contribution in [-0.4, -0.2) is 45.9 Å². The van der Waals surface area contributed by atoms with Crippen molar-refractivity contribution in [1.29, 1.82) is 0 Å². The number of nitrogens with zero attached hydrogens (tertiary/aromatic N) is 5. The normalized spacial score (nSPS) is 15.4. The molecule has 4 aromatic rings. The van der Waals surface area contributed by atoms with Crippen LogP contribution in [0.5, 0.6) is 0 Å². The SMILES string of the molecule is C1=Cc2ccc(-c3cc(Nc4ccc(N5CCOCC5)cn4)c4nccn4n3)cc2C1. The standard InChI is InChI=1S/C24H22N6O/c1-2-17-4-5-19(14-18(17)3-1)21-15-22(24-25-8-9-30(24)28-21)27-23-7-6-20(16-26-23)29-10-12-31-13-11-29/h1-2,4-9,14-16H,3,10-13H2,(H,26,27). The van der Waals surface area contributed by atoms with Crippen LogP contribution < -0.4 is 10.2 Å². The highest BCUT2D eigenvalue weighted by Crippen LogP contribution is 2.29. The molecule has 0 saturated carbocycles. The van der Waals surface area contributed by atoms with Crippen molar-refractivity contribution >= 4 is 28.9 Å². The number of rotatable bonds is 4. The van der Waals surface area contributed by atoms with Gasteiger partial charge in [0.15, 0.2) is 5.65 Å². The van der Waals surface area contributed by atoms with Gasteiger partial charge in [0, 0.05) is 31.0 Å². The van der Waals surface area contributed by atoms with Gasteiger partial charge in [-0.2, -0.15) is 5.10 Å². The van der Waals surface area contributed by atoms with E-state index in [4.69, 9.17) is 9.84 Å². The molecule has 0 spiro atoms. The van der Waals surface area contributed by atoms with Gasteiger partial charge >= 0.3 is 0 Å². The Bertz CT molecular complexity index is 1270. The molecule has 2 aliphatic rings. The zero-order valence-electron chi connectivity index (χ0n) is 17.0. The average Bonchev–Trinajstić information content (AvgIpc) is 3.49. The number of fused-ring (bicyclic) bond motifs is 2. The summed E-state index contributed by atoms with van der Waals surface area (Å²) in [6.45, 7) is 3.31. The Labute approximate surface area is 180 Å². The molecule has 1 aliphatic heterocycles. The van der Waals surface area contributed by atoms with Crippen LogP contribution in [0.2, 0.25) is 0 Å². The van der Waals surface area contributed by atoms with Crippen molar-refractivity contribution in [3.05, 3.63) is 72.2 Å². The van der Waals surface area contributed by atoms with Crippen molar-refractivity contribution in [1.82, 2.24) is 19.6 Å². The number of allylic oxidation sites excluding steroid dienone is 1. The molecule has 1 N–H and O–H groups in total. The summed E-state index contributed by atoms with van der Waals surface area (Å²) < 4.78 is 7.25. The maximum atomic E-state index is 5.44. The molecular weight excluding hydrogens is 388 g/mol. The van der Waals surface area contributed by atoms with E-state index in [9.17, 15) is 0 Å². The van der Waals surface area contributed by atoms with Crippen molar-refractivity contribution in [2.24, 2.45) is 0 Å². The quantitative estimate of drug-likeness (QED) is 0.550. The summed E-state index contributed by atoms with van der Waals surface area (Å²) in [6, 6.07) is 12.7. The fraction of sp³-hybridized carbons (Fsp3) is 0.208. The first kappa shape index (κ1) is 18.1. The maximum Gasteiger partial charge on any atom is 0.177 e. The van der Waals surface area contributed by atoms with E-state index in [2.05, 4.69) is 56.6 Å². The topological polar surface area (TPSA) is 67.6 Å². The van der Waals surface area contributed by atoms with Gasteiger partial charge in [-0.3, -0.25) is 0 Å². The van der Waals surface area contributed by atoms with E-state index in [1.807, 2.05) is 29.0 Å². The summed E-state index contributed by atoms with van der Waals surface area (Å²) in [7, 11) is 0. The molecule has 6 rings (SSSR count). The monoisotopic (exact) mass is 410 g/mol. The number of benzene rings is 1. The second-order valence-electron chi connectivity index (χ2n) is 7.78.